The Labute approximate surface area is 168 Å². The highest BCUT2D eigenvalue weighted by molar-refractivity contribution is 6.03. The number of anilines is 2. The summed E-state index contributed by atoms with van der Waals surface area (Å²) in [5, 5.41) is 8.50. The first-order valence-electron chi connectivity index (χ1n) is 9.45. The molecule has 0 aliphatic carbocycles. The van der Waals surface area contributed by atoms with E-state index < -0.39 is 5.91 Å². The molecule has 2 aromatic rings. The molecule has 5 N–H and O–H groups in total. The average Bonchev–Trinajstić information content (AvgIpc) is 3.25. The van der Waals surface area contributed by atoms with Gasteiger partial charge < -0.3 is 26.4 Å². The van der Waals surface area contributed by atoms with Crippen molar-refractivity contribution in [2.24, 2.45) is 5.73 Å². The van der Waals surface area contributed by atoms with Crippen molar-refractivity contribution in [2.45, 2.75) is 18.9 Å². The van der Waals surface area contributed by atoms with Crippen molar-refractivity contribution < 1.29 is 19.1 Å². The van der Waals surface area contributed by atoms with E-state index in [0.717, 1.165) is 19.4 Å². The zero-order valence-corrected chi connectivity index (χ0v) is 15.9. The largest absolute Gasteiger partial charge is 0.376 e. The molecular weight excluding hydrogens is 372 g/mol. The maximum absolute atomic E-state index is 12.2. The normalized spacial score (nSPS) is 15.5. The van der Waals surface area contributed by atoms with Gasteiger partial charge in [0.25, 0.3) is 11.8 Å². The van der Waals surface area contributed by atoms with E-state index in [1.165, 1.54) is 0 Å². The smallest absolute Gasteiger partial charge is 0.251 e. The van der Waals surface area contributed by atoms with Gasteiger partial charge in [0, 0.05) is 24.4 Å². The quantitative estimate of drug-likeness (QED) is 0.541. The Kier molecular flexibility index (Phi) is 6.80. The number of hydrogen-bond acceptors (Lipinski definition) is 5. The minimum absolute atomic E-state index is 0.00232. The Hall–Kier alpha value is -3.39. The van der Waals surface area contributed by atoms with Crippen molar-refractivity contribution in [1.82, 2.24) is 5.32 Å². The Morgan fingerprint density at radius 3 is 2.52 bits per heavy atom. The summed E-state index contributed by atoms with van der Waals surface area (Å²) in [5.41, 5.74) is 7.15. The number of para-hydroxylation sites is 1. The number of hydrogen-bond donors (Lipinski definition) is 4. The topological polar surface area (TPSA) is 123 Å². The summed E-state index contributed by atoms with van der Waals surface area (Å²) in [5.74, 6) is -1.09. The molecule has 2 aromatic carbocycles. The first-order chi connectivity index (χ1) is 14.0. The van der Waals surface area contributed by atoms with Crippen LogP contribution in [-0.2, 0) is 9.53 Å². The third kappa shape index (κ3) is 5.79. The molecule has 3 rings (SSSR count). The lowest BCUT2D eigenvalue weighted by Gasteiger charge is -2.12. The molecule has 0 aromatic heterocycles. The lowest BCUT2D eigenvalue weighted by Crippen LogP contribution is -2.31. The SMILES string of the molecule is NC(=O)c1ccccc1NC(=O)CNc1ccc(C(=O)NCC2CCCO2)cc1. The van der Waals surface area contributed by atoms with Crippen molar-refractivity contribution in [2.75, 3.05) is 30.3 Å². The predicted octanol–water partition coefficient (Wildman–Crippen LogP) is 1.74. The van der Waals surface area contributed by atoms with Crippen LogP contribution in [0.5, 0.6) is 0 Å². The van der Waals surface area contributed by atoms with Gasteiger partial charge in [-0.1, -0.05) is 12.1 Å². The van der Waals surface area contributed by atoms with Crippen LogP contribution in [0.4, 0.5) is 11.4 Å². The maximum atomic E-state index is 12.2. The van der Waals surface area contributed by atoms with E-state index in [-0.39, 0.29) is 30.0 Å². The Balaban J connectivity index is 1.47. The van der Waals surface area contributed by atoms with Crippen molar-refractivity contribution in [3.8, 4) is 0 Å². The van der Waals surface area contributed by atoms with E-state index in [2.05, 4.69) is 16.0 Å². The fourth-order valence-electron chi connectivity index (χ4n) is 3.04. The highest BCUT2D eigenvalue weighted by atomic mass is 16.5. The van der Waals surface area contributed by atoms with Gasteiger partial charge in [-0.3, -0.25) is 14.4 Å². The van der Waals surface area contributed by atoms with Gasteiger partial charge >= 0.3 is 0 Å². The van der Waals surface area contributed by atoms with Gasteiger partial charge in [-0.05, 0) is 49.2 Å². The second-order valence-corrected chi connectivity index (χ2v) is 6.73. The Bertz CT molecular complexity index is 877. The highest BCUT2D eigenvalue weighted by Crippen LogP contribution is 2.15. The van der Waals surface area contributed by atoms with Gasteiger partial charge in [0.05, 0.1) is 23.9 Å². The number of nitrogens with two attached hydrogens (primary N) is 1. The zero-order chi connectivity index (χ0) is 20.6. The molecule has 1 fully saturated rings. The number of carbonyl (C=O) groups excluding carboxylic acids is 3. The second kappa shape index (κ2) is 9.70. The first kappa shape index (κ1) is 20.3. The van der Waals surface area contributed by atoms with Gasteiger partial charge in [0.1, 0.15) is 0 Å². The number of benzene rings is 2. The molecule has 152 valence electrons. The summed E-state index contributed by atoms with van der Waals surface area (Å²) in [6, 6.07) is 13.4. The summed E-state index contributed by atoms with van der Waals surface area (Å²) in [6.07, 6.45) is 2.09. The number of nitrogens with one attached hydrogen (secondary N) is 3. The van der Waals surface area contributed by atoms with E-state index in [9.17, 15) is 14.4 Å². The lowest BCUT2D eigenvalue weighted by atomic mass is 10.1. The van der Waals surface area contributed by atoms with Crippen molar-refractivity contribution in [3.63, 3.8) is 0 Å². The fraction of sp³-hybridized carbons (Fsp3) is 0.286. The van der Waals surface area contributed by atoms with E-state index in [4.69, 9.17) is 10.5 Å². The zero-order valence-electron chi connectivity index (χ0n) is 15.9. The molecule has 3 amide bonds. The number of rotatable bonds is 8. The molecule has 1 aliphatic heterocycles. The predicted molar refractivity (Wildman–Crippen MR) is 110 cm³/mol. The molecule has 1 saturated heterocycles. The highest BCUT2D eigenvalue weighted by Gasteiger charge is 2.16. The molecule has 0 radical (unpaired) electrons. The van der Waals surface area contributed by atoms with Gasteiger partial charge in [-0.25, -0.2) is 0 Å². The van der Waals surface area contributed by atoms with Crippen molar-refractivity contribution in [3.05, 3.63) is 59.7 Å². The molecule has 1 atom stereocenters. The second-order valence-electron chi connectivity index (χ2n) is 6.73. The number of ether oxygens (including phenoxy) is 1. The molecule has 1 unspecified atom stereocenters. The summed E-state index contributed by atoms with van der Waals surface area (Å²) in [7, 11) is 0. The third-order valence-corrected chi connectivity index (χ3v) is 4.58. The van der Waals surface area contributed by atoms with Crippen LogP contribution >= 0.6 is 0 Å². The van der Waals surface area contributed by atoms with Gasteiger partial charge in [-0.15, -0.1) is 0 Å². The molecule has 8 nitrogen and oxygen atoms in total. The van der Waals surface area contributed by atoms with Crippen LogP contribution in [0.1, 0.15) is 33.6 Å². The average molecular weight is 396 g/mol. The van der Waals surface area contributed by atoms with Crippen molar-refractivity contribution in [1.29, 1.82) is 0 Å². The van der Waals surface area contributed by atoms with Crippen LogP contribution in [0.15, 0.2) is 48.5 Å². The molecule has 1 heterocycles. The van der Waals surface area contributed by atoms with E-state index >= 15 is 0 Å². The van der Waals surface area contributed by atoms with Crippen LogP contribution < -0.4 is 21.7 Å². The lowest BCUT2D eigenvalue weighted by molar-refractivity contribution is -0.114. The summed E-state index contributed by atoms with van der Waals surface area (Å²) in [4.78, 5) is 35.7. The fourth-order valence-corrected chi connectivity index (χ4v) is 3.04. The minimum Gasteiger partial charge on any atom is -0.376 e. The maximum Gasteiger partial charge on any atom is 0.251 e. The molecule has 29 heavy (non-hydrogen) atoms. The number of primary amides is 1. The van der Waals surface area contributed by atoms with E-state index in [1.807, 2.05) is 0 Å². The molecule has 0 spiro atoms. The molecule has 1 aliphatic rings. The van der Waals surface area contributed by atoms with Crippen molar-refractivity contribution >= 4 is 29.1 Å². The summed E-state index contributed by atoms with van der Waals surface area (Å²) in [6.45, 7) is 1.26. The van der Waals surface area contributed by atoms with Crippen LogP contribution in [0.3, 0.4) is 0 Å². The van der Waals surface area contributed by atoms with Gasteiger partial charge in [-0.2, -0.15) is 0 Å². The van der Waals surface area contributed by atoms with Crippen LogP contribution in [-0.4, -0.2) is 43.5 Å². The van der Waals surface area contributed by atoms with Crippen LogP contribution in [0.2, 0.25) is 0 Å². The summed E-state index contributed by atoms with van der Waals surface area (Å²) < 4.78 is 5.49. The van der Waals surface area contributed by atoms with Gasteiger partial charge in [0.15, 0.2) is 0 Å². The van der Waals surface area contributed by atoms with E-state index in [0.29, 0.717) is 23.5 Å². The Morgan fingerprint density at radius 1 is 1.07 bits per heavy atom. The monoisotopic (exact) mass is 396 g/mol. The van der Waals surface area contributed by atoms with Gasteiger partial charge in [0.2, 0.25) is 5.91 Å². The molecule has 8 heteroatoms. The van der Waals surface area contributed by atoms with Crippen LogP contribution in [0, 0.1) is 0 Å². The Morgan fingerprint density at radius 2 is 1.83 bits per heavy atom. The minimum atomic E-state index is -0.609. The number of amides is 3. The first-order valence-corrected chi connectivity index (χ1v) is 9.45. The number of carbonyl (C=O) groups is 3. The molecular formula is C21H24N4O4. The standard InChI is InChI=1S/C21H24N4O4/c22-20(27)17-5-1-2-6-18(17)25-19(26)13-23-15-9-7-14(8-10-15)21(28)24-12-16-4-3-11-29-16/h1-2,5-10,16,23H,3-4,11-13H2,(H2,22,27)(H,24,28)(H,25,26). The molecule has 0 saturated carbocycles. The van der Waals surface area contributed by atoms with Crippen LogP contribution in [0.25, 0.3) is 0 Å². The summed E-state index contributed by atoms with van der Waals surface area (Å²) >= 11 is 0. The third-order valence-electron chi connectivity index (χ3n) is 4.58. The van der Waals surface area contributed by atoms with E-state index in [1.54, 1.807) is 48.5 Å². The molecule has 0 bridgehead atoms.